The zero-order valence-corrected chi connectivity index (χ0v) is 17.4. The number of carbonyl (C=O) groups is 2. The van der Waals surface area contributed by atoms with E-state index in [0.29, 0.717) is 18.8 Å². The second-order valence-electron chi connectivity index (χ2n) is 7.01. The minimum Gasteiger partial charge on any atom is -0.466 e. The Hall–Kier alpha value is -2.97. The Morgan fingerprint density at radius 2 is 1.73 bits per heavy atom. The molecule has 0 saturated carbocycles. The maximum absolute atomic E-state index is 13.3. The van der Waals surface area contributed by atoms with E-state index in [0.717, 1.165) is 18.8 Å². The molecule has 0 aliphatic carbocycles. The highest BCUT2D eigenvalue weighted by atomic mass is 16.5. The molecule has 2 aromatic rings. The highest BCUT2D eigenvalue weighted by molar-refractivity contribution is 5.96. The summed E-state index contributed by atoms with van der Waals surface area (Å²) in [6.45, 7) is 4.58. The van der Waals surface area contributed by atoms with E-state index in [1.54, 1.807) is 31.6 Å². The first-order chi connectivity index (χ1) is 14.6. The molecule has 8 nitrogen and oxygen atoms in total. The van der Waals surface area contributed by atoms with Crippen LogP contribution in [-0.4, -0.2) is 79.3 Å². The van der Waals surface area contributed by atoms with E-state index in [1.807, 2.05) is 35.2 Å². The molecule has 1 saturated heterocycles. The number of nitrogens with zero attached hydrogens (tertiary/aromatic N) is 4. The van der Waals surface area contributed by atoms with Crippen LogP contribution < -0.4 is 9.64 Å². The second-order valence-corrected chi connectivity index (χ2v) is 7.01. The number of para-hydroxylation sites is 1. The molecule has 30 heavy (non-hydrogen) atoms. The number of anilines is 1. The Kier molecular flexibility index (Phi) is 7.75. The van der Waals surface area contributed by atoms with Gasteiger partial charge in [-0.1, -0.05) is 18.2 Å². The third kappa shape index (κ3) is 5.55. The van der Waals surface area contributed by atoms with Crippen LogP contribution >= 0.6 is 0 Å². The maximum Gasteiger partial charge on any atom is 0.286 e. The molecule has 1 aliphatic heterocycles. The molecule has 2 heterocycles. The maximum atomic E-state index is 13.3. The molecule has 2 amide bonds. The van der Waals surface area contributed by atoms with Crippen LogP contribution in [0.15, 0.2) is 54.9 Å². The number of benzene rings is 1. The van der Waals surface area contributed by atoms with Crippen LogP contribution in [0.4, 0.5) is 5.69 Å². The summed E-state index contributed by atoms with van der Waals surface area (Å²) in [6, 6.07) is 13.2. The van der Waals surface area contributed by atoms with Crippen LogP contribution in [0.2, 0.25) is 0 Å². The molecule has 1 aliphatic rings. The first-order valence-corrected chi connectivity index (χ1v) is 10.0. The number of aromatic nitrogens is 1. The first-order valence-electron chi connectivity index (χ1n) is 10.0. The van der Waals surface area contributed by atoms with Crippen molar-refractivity contribution in [3.63, 3.8) is 0 Å². The SMILES string of the molecule is COCCN(C(C)=O)C(=O)C(Oc1ccccc1)N1CCN(c2ccncc2)CC1. The molecule has 3 rings (SSSR count). The van der Waals surface area contributed by atoms with Crippen molar-refractivity contribution < 1.29 is 19.1 Å². The lowest BCUT2D eigenvalue weighted by Crippen LogP contribution is -2.58. The van der Waals surface area contributed by atoms with Crippen molar-refractivity contribution in [1.29, 1.82) is 0 Å². The molecule has 1 atom stereocenters. The van der Waals surface area contributed by atoms with Gasteiger partial charge < -0.3 is 14.4 Å². The molecular formula is C22H28N4O4. The number of imide groups is 1. The monoisotopic (exact) mass is 412 g/mol. The Bertz CT molecular complexity index is 810. The van der Waals surface area contributed by atoms with E-state index in [2.05, 4.69) is 9.88 Å². The third-order valence-corrected chi connectivity index (χ3v) is 5.04. The number of methoxy groups -OCH3 is 1. The average Bonchev–Trinajstić information content (AvgIpc) is 2.79. The fraction of sp³-hybridized carbons (Fsp3) is 0.409. The Morgan fingerprint density at radius 3 is 2.33 bits per heavy atom. The van der Waals surface area contributed by atoms with Gasteiger partial charge in [-0.3, -0.25) is 24.4 Å². The Labute approximate surface area is 177 Å². The fourth-order valence-electron chi connectivity index (χ4n) is 3.42. The van der Waals surface area contributed by atoms with Gasteiger partial charge in [0.15, 0.2) is 0 Å². The highest BCUT2D eigenvalue weighted by Gasteiger charge is 2.35. The van der Waals surface area contributed by atoms with Crippen LogP contribution in [0.25, 0.3) is 0 Å². The summed E-state index contributed by atoms with van der Waals surface area (Å²) in [5.41, 5.74) is 1.10. The van der Waals surface area contributed by atoms with Gasteiger partial charge >= 0.3 is 0 Å². The van der Waals surface area contributed by atoms with Crippen molar-refractivity contribution >= 4 is 17.5 Å². The summed E-state index contributed by atoms with van der Waals surface area (Å²) in [6.07, 6.45) is 2.66. The summed E-state index contributed by atoms with van der Waals surface area (Å²) >= 11 is 0. The minimum atomic E-state index is -0.882. The number of hydrogen-bond acceptors (Lipinski definition) is 7. The van der Waals surface area contributed by atoms with Crippen LogP contribution in [0.1, 0.15) is 6.92 Å². The van der Waals surface area contributed by atoms with Gasteiger partial charge in [0.2, 0.25) is 12.1 Å². The van der Waals surface area contributed by atoms with Crippen molar-refractivity contribution in [2.24, 2.45) is 0 Å². The van der Waals surface area contributed by atoms with Gasteiger partial charge in [-0.15, -0.1) is 0 Å². The van der Waals surface area contributed by atoms with Crippen molar-refractivity contribution in [3.05, 3.63) is 54.9 Å². The van der Waals surface area contributed by atoms with Crippen molar-refractivity contribution in [3.8, 4) is 5.75 Å². The van der Waals surface area contributed by atoms with E-state index in [1.165, 1.54) is 11.8 Å². The zero-order valence-electron chi connectivity index (χ0n) is 17.4. The first kappa shape index (κ1) is 21.7. The largest absolute Gasteiger partial charge is 0.466 e. The molecule has 0 N–H and O–H groups in total. The molecule has 1 aromatic carbocycles. The van der Waals surface area contributed by atoms with Gasteiger partial charge in [0.1, 0.15) is 5.75 Å². The lowest BCUT2D eigenvalue weighted by atomic mass is 10.2. The molecule has 0 radical (unpaired) electrons. The van der Waals surface area contributed by atoms with Gasteiger partial charge in [0, 0.05) is 58.3 Å². The summed E-state index contributed by atoms with van der Waals surface area (Å²) in [5.74, 6) is -0.113. The molecule has 8 heteroatoms. The van der Waals surface area contributed by atoms with E-state index in [4.69, 9.17) is 9.47 Å². The Balaban J connectivity index is 1.76. The molecule has 0 bridgehead atoms. The van der Waals surface area contributed by atoms with E-state index in [9.17, 15) is 9.59 Å². The number of rotatable bonds is 8. The van der Waals surface area contributed by atoms with Crippen LogP contribution in [0, 0.1) is 0 Å². The molecule has 1 fully saturated rings. The van der Waals surface area contributed by atoms with Crippen LogP contribution in [0.3, 0.4) is 0 Å². The molecule has 1 unspecified atom stereocenters. The van der Waals surface area contributed by atoms with Crippen molar-refractivity contribution in [2.45, 2.75) is 13.2 Å². The topological polar surface area (TPSA) is 75.2 Å². The van der Waals surface area contributed by atoms with E-state index < -0.39 is 6.23 Å². The fourth-order valence-corrected chi connectivity index (χ4v) is 3.42. The summed E-state index contributed by atoms with van der Waals surface area (Å²) in [4.78, 5) is 34.9. The van der Waals surface area contributed by atoms with E-state index in [-0.39, 0.29) is 25.0 Å². The molecule has 1 aromatic heterocycles. The number of amides is 2. The Morgan fingerprint density at radius 1 is 1.07 bits per heavy atom. The average molecular weight is 412 g/mol. The molecule has 160 valence electrons. The molecular weight excluding hydrogens is 384 g/mol. The smallest absolute Gasteiger partial charge is 0.286 e. The lowest BCUT2D eigenvalue weighted by molar-refractivity contribution is -0.156. The summed E-state index contributed by atoms with van der Waals surface area (Å²) in [5, 5.41) is 0. The number of pyridine rings is 1. The summed E-state index contributed by atoms with van der Waals surface area (Å²) < 4.78 is 11.1. The standard InChI is InChI=1S/C22H28N4O4/c1-18(27)26(16-17-29-2)21(28)22(30-20-6-4-3-5-7-20)25-14-12-24(13-15-25)19-8-10-23-11-9-19/h3-11,22H,12-17H2,1-2H3. The predicted molar refractivity (Wildman–Crippen MR) is 113 cm³/mol. The van der Waals surface area contributed by atoms with Gasteiger partial charge in [0.05, 0.1) is 13.2 Å². The number of hydrogen-bond donors (Lipinski definition) is 0. The zero-order chi connectivity index (χ0) is 21.3. The van der Waals surface area contributed by atoms with Crippen LogP contribution in [0.5, 0.6) is 5.75 Å². The normalized spacial score (nSPS) is 15.5. The summed E-state index contributed by atoms with van der Waals surface area (Å²) in [7, 11) is 1.54. The number of carbonyl (C=O) groups excluding carboxylic acids is 2. The predicted octanol–water partition coefficient (Wildman–Crippen LogP) is 1.63. The van der Waals surface area contributed by atoms with Crippen molar-refractivity contribution in [1.82, 2.24) is 14.8 Å². The lowest BCUT2D eigenvalue weighted by Gasteiger charge is -2.40. The van der Waals surface area contributed by atoms with Gasteiger partial charge in [-0.25, -0.2) is 0 Å². The van der Waals surface area contributed by atoms with Gasteiger partial charge in [-0.2, -0.15) is 0 Å². The quantitative estimate of drug-likeness (QED) is 0.652. The molecule has 0 spiro atoms. The second kappa shape index (κ2) is 10.7. The van der Waals surface area contributed by atoms with Crippen LogP contribution in [-0.2, 0) is 14.3 Å². The number of ether oxygens (including phenoxy) is 2. The third-order valence-electron chi connectivity index (χ3n) is 5.04. The van der Waals surface area contributed by atoms with Crippen molar-refractivity contribution in [2.75, 3.05) is 51.3 Å². The van der Waals surface area contributed by atoms with Gasteiger partial charge in [0.25, 0.3) is 5.91 Å². The minimum absolute atomic E-state index is 0.191. The van der Waals surface area contributed by atoms with Gasteiger partial charge in [-0.05, 0) is 24.3 Å². The highest BCUT2D eigenvalue weighted by Crippen LogP contribution is 2.20. The van der Waals surface area contributed by atoms with E-state index >= 15 is 0 Å². The number of piperazine rings is 1.